The molecule has 1 aliphatic heterocycles. The highest BCUT2D eigenvalue weighted by molar-refractivity contribution is 7.98. The molecule has 0 aliphatic carbocycles. The SMILES string of the molecule is COc1ccc(/C=C2/NC(=S)N(CC(C)C)C2=O)cc1CSc1nc(C)cc(C(F)F)n1. The Balaban J connectivity index is 1.81. The average molecular weight is 479 g/mol. The molecule has 0 radical (unpaired) electrons. The molecule has 0 atom stereocenters. The smallest absolute Gasteiger partial charge is 0.280 e. The number of hydrogen-bond acceptors (Lipinski definition) is 6. The normalized spacial score (nSPS) is 15.2. The first-order valence-electron chi connectivity index (χ1n) is 9.96. The fourth-order valence-electron chi connectivity index (χ4n) is 3.15. The third kappa shape index (κ3) is 5.80. The van der Waals surface area contributed by atoms with Crippen molar-refractivity contribution in [1.29, 1.82) is 0 Å². The van der Waals surface area contributed by atoms with Crippen molar-refractivity contribution < 1.29 is 18.3 Å². The van der Waals surface area contributed by atoms with Gasteiger partial charge in [-0.2, -0.15) is 0 Å². The van der Waals surface area contributed by atoms with E-state index in [1.165, 1.54) is 17.8 Å². The zero-order valence-corrected chi connectivity index (χ0v) is 19.8. The summed E-state index contributed by atoms with van der Waals surface area (Å²) in [7, 11) is 1.56. The average Bonchev–Trinajstić information content (AvgIpc) is 2.99. The van der Waals surface area contributed by atoms with Gasteiger partial charge in [0.15, 0.2) is 10.3 Å². The van der Waals surface area contributed by atoms with Crippen LogP contribution in [0.25, 0.3) is 6.08 Å². The molecule has 0 saturated carbocycles. The number of carbonyl (C=O) groups is 1. The molecule has 2 heterocycles. The monoisotopic (exact) mass is 478 g/mol. The van der Waals surface area contributed by atoms with Gasteiger partial charge < -0.3 is 10.1 Å². The lowest BCUT2D eigenvalue weighted by molar-refractivity contribution is -0.122. The molecule has 0 spiro atoms. The molecule has 10 heteroatoms. The Kier molecular flexibility index (Phi) is 7.78. The van der Waals surface area contributed by atoms with Crippen LogP contribution in [0.1, 0.15) is 42.8 Å². The maximum atomic E-state index is 13.0. The lowest BCUT2D eigenvalue weighted by atomic mass is 10.1. The summed E-state index contributed by atoms with van der Waals surface area (Å²) in [6, 6.07) is 6.79. The van der Waals surface area contributed by atoms with E-state index in [-0.39, 0.29) is 22.7 Å². The number of rotatable bonds is 8. The molecule has 1 N–H and O–H groups in total. The Morgan fingerprint density at radius 1 is 1.28 bits per heavy atom. The van der Waals surface area contributed by atoms with Crippen molar-refractivity contribution in [3.8, 4) is 5.75 Å². The van der Waals surface area contributed by atoms with Gasteiger partial charge in [-0.1, -0.05) is 31.7 Å². The number of hydrogen-bond donors (Lipinski definition) is 1. The van der Waals surface area contributed by atoms with E-state index >= 15 is 0 Å². The summed E-state index contributed by atoms with van der Waals surface area (Å²) in [5.41, 5.74) is 2.20. The van der Waals surface area contributed by atoms with Crippen molar-refractivity contribution in [2.24, 2.45) is 5.92 Å². The molecule has 0 unspecified atom stereocenters. The van der Waals surface area contributed by atoms with Crippen LogP contribution >= 0.6 is 24.0 Å². The van der Waals surface area contributed by atoms with E-state index in [4.69, 9.17) is 17.0 Å². The van der Waals surface area contributed by atoms with Crippen LogP contribution < -0.4 is 10.1 Å². The molecule has 170 valence electrons. The van der Waals surface area contributed by atoms with E-state index in [0.29, 0.717) is 34.6 Å². The fourth-order valence-corrected chi connectivity index (χ4v) is 4.31. The van der Waals surface area contributed by atoms with Crippen molar-refractivity contribution in [2.45, 2.75) is 38.1 Å². The van der Waals surface area contributed by atoms with Crippen LogP contribution in [0, 0.1) is 12.8 Å². The van der Waals surface area contributed by atoms with Gasteiger partial charge in [0.2, 0.25) is 0 Å². The summed E-state index contributed by atoms with van der Waals surface area (Å²) in [6.07, 6.45) is -0.918. The number of aryl methyl sites for hydroxylation is 1. The number of aromatic nitrogens is 2. The lowest BCUT2D eigenvalue weighted by Crippen LogP contribution is -2.33. The summed E-state index contributed by atoms with van der Waals surface area (Å²) in [5.74, 6) is 1.18. The topological polar surface area (TPSA) is 67.3 Å². The Bertz CT molecular complexity index is 1060. The number of nitrogens with one attached hydrogen (secondary N) is 1. The van der Waals surface area contributed by atoms with Crippen molar-refractivity contribution in [2.75, 3.05) is 13.7 Å². The van der Waals surface area contributed by atoms with E-state index < -0.39 is 6.43 Å². The van der Waals surface area contributed by atoms with Crippen LogP contribution in [0.2, 0.25) is 0 Å². The number of nitrogens with zero attached hydrogens (tertiary/aromatic N) is 3. The standard InChI is InChI=1S/C22H24F2N4O2S2/c1-12(2)10-28-20(29)17(27-22(28)31)9-14-5-6-18(30-4)15(8-14)11-32-21-25-13(3)7-16(26-21)19(23)24/h5-9,12,19H,10-11H2,1-4H3,(H,27,31)/b17-9+. The van der Waals surface area contributed by atoms with E-state index in [0.717, 1.165) is 11.1 Å². The van der Waals surface area contributed by atoms with Crippen LogP contribution in [-0.2, 0) is 10.5 Å². The highest BCUT2D eigenvalue weighted by Crippen LogP contribution is 2.29. The van der Waals surface area contributed by atoms with Gasteiger partial charge in [0.05, 0.1) is 7.11 Å². The Hall–Kier alpha value is -2.59. The highest BCUT2D eigenvalue weighted by Gasteiger charge is 2.30. The molecule has 1 saturated heterocycles. The van der Waals surface area contributed by atoms with Crippen molar-refractivity contribution in [3.05, 3.63) is 52.5 Å². The molecule has 32 heavy (non-hydrogen) atoms. The van der Waals surface area contributed by atoms with Gasteiger partial charge in [-0.25, -0.2) is 18.7 Å². The number of thiocarbonyl (C=S) groups is 1. The minimum atomic E-state index is -2.65. The molecular weight excluding hydrogens is 454 g/mol. The molecule has 2 aromatic rings. The third-order valence-corrected chi connectivity index (χ3v) is 5.78. The molecule has 1 aliphatic rings. The number of thioether (sulfide) groups is 1. The van der Waals surface area contributed by atoms with Crippen LogP contribution in [0.15, 0.2) is 35.1 Å². The number of amides is 1. The zero-order chi connectivity index (χ0) is 23.4. The molecule has 1 amide bonds. The molecule has 3 rings (SSSR count). The van der Waals surface area contributed by atoms with E-state index in [9.17, 15) is 13.6 Å². The van der Waals surface area contributed by atoms with Gasteiger partial charge in [-0.3, -0.25) is 9.69 Å². The van der Waals surface area contributed by atoms with E-state index in [1.54, 1.807) is 31.1 Å². The number of halogens is 2. The summed E-state index contributed by atoms with van der Waals surface area (Å²) < 4.78 is 31.5. The van der Waals surface area contributed by atoms with Gasteiger partial charge >= 0.3 is 0 Å². The molecular formula is C22H24F2N4O2S2. The van der Waals surface area contributed by atoms with E-state index in [2.05, 4.69) is 15.3 Å². The maximum Gasteiger partial charge on any atom is 0.280 e. The van der Waals surface area contributed by atoms with Gasteiger partial charge in [0, 0.05) is 23.6 Å². The summed E-state index contributed by atoms with van der Waals surface area (Å²) in [6.45, 7) is 6.24. The second kappa shape index (κ2) is 10.4. The van der Waals surface area contributed by atoms with Crippen LogP contribution in [0.4, 0.5) is 8.78 Å². The maximum absolute atomic E-state index is 13.0. The Labute approximate surface area is 195 Å². The van der Waals surface area contributed by atoms with Crippen LogP contribution in [0.5, 0.6) is 5.75 Å². The number of alkyl halides is 2. The second-order valence-electron chi connectivity index (χ2n) is 7.68. The first-order valence-corrected chi connectivity index (χ1v) is 11.3. The fraction of sp³-hybridized carbons (Fsp3) is 0.364. The molecule has 6 nitrogen and oxygen atoms in total. The molecule has 1 aromatic heterocycles. The minimum absolute atomic E-state index is 0.164. The minimum Gasteiger partial charge on any atom is -0.496 e. The predicted octanol–water partition coefficient (Wildman–Crippen LogP) is 4.74. The summed E-state index contributed by atoms with van der Waals surface area (Å²) >= 11 is 6.53. The lowest BCUT2D eigenvalue weighted by Gasteiger charge is -2.16. The number of carbonyl (C=O) groups excluding carboxylic acids is 1. The van der Waals surface area contributed by atoms with Gasteiger partial charge in [0.25, 0.3) is 12.3 Å². The Morgan fingerprint density at radius 2 is 2.03 bits per heavy atom. The summed E-state index contributed by atoms with van der Waals surface area (Å²) in [4.78, 5) is 22.4. The van der Waals surface area contributed by atoms with Crippen LogP contribution in [-0.4, -0.2) is 39.5 Å². The van der Waals surface area contributed by atoms with Gasteiger partial charge in [-0.05, 0) is 54.9 Å². The van der Waals surface area contributed by atoms with E-state index in [1.807, 2.05) is 26.0 Å². The first-order chi connectivity index (χ1) is 15.2. The van der Waals surface area contributed by atoms with Gasteiger partial charge in [-0.15, -0.1) is 0 Å². The Morgan fingerprint density at radius 3 is 2.69 bits per heavy atom. The molecule has 1 fully saturated rings. The van der Waals surface area contributed by atoms with Gasteiger partial charge in [0.1, 0.15) is 17.1 Å². The largest absolute Gasteiger partial charge is 0.496 e. The second-order valence-corrected chi connectivity index (χ2v) is 9.00. The molecule has 0 bridgehead atoms. The molecule has 1 aromatic carbocycles. The number of ether oxygens (including phenoxy) is 1. The van der Waals surface area contributed by atoms with Crippen LogP contribution in [0.3, 0.4) is 0 Å². The summed E-state index contributed by atoms with van der Waals surface area (Å²) in [5, 5.41) is 3.64. The quantitative estimate of drug-likeness (QED) is 0.254. The number of methoxy groups -OCH3 is 1. The van der Waals surface area contributed by atoms with Crippen molar-refractivity contribution >= 4 is 41.1 Å². The van der Waals surface area contributed by atoms with Crippen molar-refractivity contribution in [1.82, 2.24) is 20.2 Å². The highest BCUT2D eigenvalue weighted by atomic mass is 32.2. The predicted molar refractivity (Wildman–Crippen MR) is 125 cm³/mol. The zero-order valence-electron chi connectivity index (χ0n) is 18.2. The first kappa shape index (κ1) is 24.1. The third-order valence-electron chi connectivity index (χ3n) is 4.56. The number of benzene rings is 1. The van der Waals surface area contributed by atoms with Crippen molar-refractivity contribution in [3.63, 3.8) is 0 Å².